The maximum atomic E-state index is 12.7. The van der Waals surface area contributed by atoms with Gasteiger partial charge in [-0.15, -0.1) is 0 Å². The van der Waals surface area contributed by atoms with Crippen LogP contribution in [0.4, 0.5) is 11.5 Å². The quantitative estimate of drug-likeness (QED) is 0.479. The summed E-state index contributed by atoms with van der Waals surface area (Å²) >= 11 is 0. The van der Waals surface area contributed by atoms with Gasteiger partial charge in [-0.2, -0.15) is 20.1 Å². The summed E-state index contributed by atoms with van der Waals surface area (Å²) in [6, 6.07) is 8.50. The summed E-state index contributed by atoms with van der Waals surface area (Å²) in [6.07, 6.45) is 11.0. The molecule has 4 aromatic rings. The number of benzene rings is 1. The number of H-pyrrole nitrogens is 1. The monoisotopic (exact) mass is 431 g/mol. The summed E-state index contributed by atoms with van der Waals surface area (Å²) in [6.45, 7) is 6.28. The van der Waals surface area contributed by atoms with Crippen molar-refractivity contribution in [3.63, 3.8) is 0 Å². The standard InChI is InChI=1S/C24H29N7O/c1-16-15-17(9-10-19(16)24(2,3)31-26-13-14-27-31)28-22-21-20(11-12-25-23(21)32)30(29-22)18-7-5-4-6-8-18/h9-15,18H,4-8H2,1-3H3,(H,25,32)(H,28,29). The molecule has 0 atom stereocenters. The summed E-state index contributed by atoms with van der Waals surface area (Å²) < 4.78 is 2.06. The van der Waals surface area contributed by atoms with Crippen LogP contribution in [0.2, 0.25) is 0 Å². The van der Waals surface area contributed by atoms with Crippen LogP contribution in [0.3, 0.4) is 0 Å². The zero-order valence-electron chi connectivity index (χ0n) is 18.8. The van der Waals surface area contributed by atoms with Gasteiger partial charge in [-0.05, 0) is 62.9 Å². The highest BCUT2D eigenvalue weighted by Crippen LogP contribution is 2.34. The van der Waals surface area contributed by atoms with Crippen LogP contribution in [0.25, 0.3) is 10.9 Å². The van der Waals surface area contributed by atoms with Gasteiger partial charge in [0.1, 0.15) is 10.9 Å². The van der Waals surface area contributed by atoms with E-state index < -0.39 is 0 Å². The van der Waals surface area contributed by atoms with Gasteiger partial charge in [0.05, 0.1) is 24.0 Å². The van der Waals surface area contributed by atoms with Crippen molar-refractivity contribution in [2.24, 2.45) is 0 Å². The molecule has 0 spiro atoms. The number of rotatable bonds is 5. The van der Waals surface area contributed by atoms with Crippen LogP contribution in [-0.2, 0) is 5.54 Å². The number of aryl methyl sites for hydroxylation is 1. The molecule has 0 saturated heterocycles. The van der Waals surface area contributed by atoms with E-state index >= 15 is 0 Å². The Kier molecular flexibility index (Phi) is 5.07. The lowest BCUT2D eigenvalue weighted by Crippen LogP contribution is -2.30. The first-order chi connectivity index (χ1) is 15.4. The second-order valence-corrected chi connectivity index (χ2v) is 9.18. The zero-order valence-corrected chi connectivity index (χ0v) is 18.8. The van der Waals surface area contributed by atoms with Gasteiger partial charge in [0.15, 0.2) is 5.82 Å². The van der Waals surface area contributed by atoms with Crippen molar-refractivity contribution in [1.29, 1.82) is 0 Å². The van der Waals surface area contributed by atoms with Crippen molar-refractivity contribution < 1.29 is 0 Å². The Bertz CT molecular complexity index is 1290. The van der Waals surface area contributed by atoms with E-state index in [0.29, 0.717) is 17.2 Å². The van der Waals surface area contributed by atoms with Gasteiger partial charge in [-0.25, -0.2) is 0 Å². The molecule has 5 rings (SSSR count). The molecule has 0 bridgehead atoms. The van der Waals surface area contributed by atoms with Crippen LogP contribution < -0.4 is 10.9 Å². The van der Waals surface area contributed by atoms with E-state index in [9.17, 15) is 4.79 Å². The molecule has 1 fully saturated rings. The minimum Gasteiger partial charge on any atom is -0.338 e. The minimum atomic E-state index is -0.376. The number of hydrogen-bond donors (Lipinski definition) is 2. The van der Waals surface area contributed by atoms with Crippen molar-refractivity contribution >= 4 is 22.4 Å². The molecular formula is C24H29N7O. The van der Waals surface area contributed by atoms with E-state index in [1.165, 1.54) is 19.3 Å². The topological polar surface area (TPSA) is 93.4 Å². The van der Waals surface area contributed by atoms with Crippen molar-refractivity contribution in [3.8, 4) is 0 Å². The SMILES string of the molecule is Cc1cc(Nc2nn(C3CCCCC3)c3cc[nH]c(=O)c23)ccc1C(C)(C)n1nccn1. The van der Waals surface area contributed by atoms with E-state index in [4.69, 9.17) is 5.10 Å². The number of aromatic nitrogens is 6. The Balaban J connectivity index is 1.51. The summed E-state index contributed by atoms with van der Waals surface area (Å²) in [4.78, 5) is 17.2. The molecule has 8 heteroatoms. The second kappa shape index (κ2) is 7.93. The Morgan fingerprint density at radius 3 is 2.56 bits per heavy atom. The Labute approximate surface area is 186 Å². The Hall–Kier alpha value is -3.42. The predicted molar refractivity (Wildman–Crippen MR) is 125 cm³/mol. The third kappa shape index (κ3) is 3.49. The lowest BCUT2D eigenvalue weighted by atomic mass is 9.90. The van der Waals surface area contributed by atoms with Crippen molar-refractivity contribution in [3.05, 3.63) is 64.3 Å². The van der Waals surface area contributed by atoms with Gasteiger partial charge in [-0.1, -0.05) is 25.3 Å². The number of nitrogens with one attached hydrogen (secondary N) is 2. The number of fused-ring (bicyclic) bond motifs is 1. The molecule has 3 aromatic heterocycles. The highest BCUT2D eigenvalue weighted by molar-refractivity contribution is 5.91. The van der Waals surface area contributed by atoms with Gasteiger partial charge in [0.25, 0.3) is 5.56 Å². The van der Waals surface area contributed by atoms with Crippen LogP contribution in [0.5, 0.6) is 0 Å². The number of aromatic amines is 1. The number of hydrogen-bond acceptors (Lipinski definition) is 5. The van der Waals surface area contributed by atoms with Gasteiger partial charge in [0.2, 0.25) is 0 Å². The smallest absolute Gasteiger partial charge is 0.261 e. The van der Waals surface area contributed by atoms with E-state index in [1.54, 1.807) is 23.4 Å². The molecule has 1 aliphatic rings. The molecule has 1 aromatic carbocycles. The summed E-state index contributed by atoms with van der Waals surface area (Å²) in [5.41, 5.74) is 3.54. The second-order valence-electron chi connectivity index (χ2n) is 9.18. The van der Waals surface area contributed by atoms with Crippen LogP contribution in [-0.4, -0.2) is 29.8 Å². The fourth-order valence-corrected chi connectivity index (χ4v) is 4.97. The molecule has 0 amide bonds. The van der Waals surface area contributed by atoms with Gasteiger partial charge in [0, 0.05) is 11.9 Å². The van der Waals surface area contributed by atoms with Crippen molar-refractivity contribution in [1.82, 2.24) is 29.8 Å². The lowest BCUT2D eigenvalue weighted by Gasteiger charge is -2.26. The molecule has 166 valence electrons. The van der Waals surface area contributed by atoms with Crippen molar-refractivity contribution in [2.75, 3.05) is 5.32 Å². The largest absolute Gasteiger partial charge is 0.338 e. The molecule has 8 nitrogen and oxygen atoms in total. The van der Waals surface area contributed by atoms with Gasteiger partial charge >= 0.3 is 0 Å². The molecule has 3 heterocycles. The lowest BCUT2D eigenvalue weighted by molar-refractivity contribution is 0.338. The maximum Gasteiger partial charge on any atom is 0.261 e. The van der Waals surface area contributed by atoms with Crippen LogP contribution >= 0.6 is 0 Å². The molecule has 0 radical (unpaired) electrons. The number of anilines is 2. The minimum absolute atomic E-state index is 0.119. The average Bonchev–Trinajstić information content (AvgIpc) is 3.44. The first-order valence-electron chi connectivity index (χ1n) is 11.3. The zero-order chi connectivity index (χ0) is 22.3. The molecule has 0 unspecified atom stereocenters. The van der Waals surface area contributed by atoms with E-state index in [1.807, 2.05) is 12.1 Å². The number of pyridine rings is 1. The fourth-order valence-electron chi connectivity index (χ4n) is 4.97. The van der Waals surface area contributed by atoms with Gasteiger partial charge in [-0.3, -0.25) is 9.48 Å². The van der Waals surface area contributed by atoms with Gasteiger partial charge < -0.3 is 10.3 Å². The Morgan fingerprint density at radius 1 is 1.09 bits per heavy atom. The molecule has 1 saturated carbocycles. The number of nitrogens with zero attached hydrogens (tertiary/aromatic N) is 5. The molecule has 2 N–H and O–H groups in total. The summed E-state index contributed by atoms with van der Waals surface area (Å²) in [5.74, 6) is 0.604. The predicted octanol–water partition coefficient (Wildman–Crippen LogP) is 4.66. The highest BCUT2D eigenvalue weighted by atomic mass is 16.1. The molecule has 0 aliphatic heterocycles. The molecule has 1 aliphatic carbocycles. The average molecular weight is 432 g/mol. The van der Waals surface area contributed by atoms with E-state index in [-0.39, 0.29) is 11.1 Å². The Morgan fingerprint density at radius 2 is 1.84 bits per heavy atom. The fraction of sp³-hybridized carbons (Fsp3) is 0.417. The maximum absolute atomic E-state index is 12.7. The van der Waals surface area contributed by atoms with E-state index in [0.717, 1.165) is 35.2 Å². The first kappa shape index (κ1) is 20.5. The van der Waals surface area contributed by atoms with Crippen LogP contribution in [0.1, 0.15) is 63.1 Å². The van der Waals surface area contributed by atoms with Crippen LogP contribution in [0.15, 0.2) is 47.7 Å². The third-order valence-electron chi connectivity index (χ3n) is 6.62. The molecular weight excluding hydrogens is 402 g/mol. The first-order valence-corrected chi connectivity index (χ1v) is 11.3. The van der Waals surface area contributed by atoms with Crippen LogP contribution in [0, 0.1) is 6.92 Å². The highest BCUT2D eigenvalue weighted by Gasteiger charge is 2.27. The summed E-state index contributed by atoms with van der Waals surface area (Å²) in [5, 5.41) is 17.5. The van der Waals surface area contributed by atoms with E-state index in [2.05, 4.69) is 58.1 Å². The normalized spacial score (nSPS) is 15.3. The summed E-state index contributed by atoms with van der Waals surface area (Å²) in [7, 11) is 0. The molecule has 32 heavy (non-hydrogen) atoms. The third-order valence-corrected chi connectivity index (χ3v) is 6.62. The van der Waals surface area contributed by atoms with Crippen molar-refractivity contribution in [2.45, 2.75) is 64.5 Å².